The van der Waals surface area contributed by atoms with Crippen molar-refractivity contribution < 1.29 is 9.53 Å². The highest BCUT2D eigenvalue weighted by Crippen LogP contribution is 2.19. The zero-order valence-corrected chi connectivity index (χ0v) is 19.4. The predicted molar refractivity (Wildman–Crippen MR) is 131 cm³/mol. The number of aryl methyl sites for hydroxylation is 1. The number of ether oxygens (including phenoxy) is 1. The van der Waals surface area contributed by atoms with Gasteiger partial charge in [0.1, 0.15) is 18.2 Å². The number of para-hydroxylation sites is 2. The number of fused-ring (bicyclic) bond motifs is 1. The minimum absolute atomic E-state index is 0.0162. The molecule has 1 N–H and O–H groups in total. The number of hydrogen-bond donors (Lipinski definition) is 1. The number of benzene rings is 2. The van der Waals surface area contributed by atoms with E-state index in [0.717, 1.165) is 59.7 Å². The van der Waals surface area contributed by atoms with Crippen LogP contribution in [-0.2, 0) is 13.0 Å². The third kappa shape index (κ3) is 5.90. The van der Waals surface area contributed by atoms with Crippen LogP contribution in [0.2, 0.25) is 5.02 Å². The van der Waals surface area contributed by atoms with E-state index in [1.165, 1.54) is 11.3 Å². The molecular weight excluding hydrogens is 442 g/mol. The minimum atomic E-state index is 0.0162. The highest BCUT2D eigenvalue weighted by Gasteiger charge is 2.11. The molecule has 0 saturated carbocycles. The van der Waals surface area contributed by atoms with Gasteiger partial charge in [0.25, 0.3) is 5.91 Å². The fourth-order valence-electron chi connectivity index (χ4n) is 3.63. The maximum absolute atomic E-state index is 12.0. The van der Waals surface area contributed by atoms with Gasteiger partial charge in [-0.3, -0.25) is 4.79 Å². The smallest absolute Gasteiger partial charge is 0.261 e. The molecule has 2 aromatic heterocycles. The molecule has 32 heavy (non-hydrogen) atoms. The molecule has 0 spiro atoms. The summed E-state index contributed by atoms with van der Waals surface area (Å²) in [5.41, 5.74) is 2.14. The van der Waals surface area contributed by atoms with E-state index in [0.29, 0.717) is 18.2 Å². The van der Waals surface area contributed by atoms with E-state index in [9.17, 15) is 4.79 Å². The molecule has 166 valence electrons. The van der Waals surface area contributed by atoms with Gasteiger partial charge in [-0.25, -0.2) is 4.98 Å². The molecular formula is C25H26ClN3O2S. The van der Waals surface area contributed by atoms with Crippen molar-refractivity contribution in [1.29, 1.82) is 0 Å². The van der Waals surface area contributed by atoms with Crippen molar-refractivity contribution in [3.05, 3.63) is 81.8 Å². The van der Waals surface area contributed by atoms with Crippen molar-refractivity contribution >= 4 is 39.9 Å². The highest BCUT2D eigenvalue weighted by atomic mass is 35.5. The van der Waals surface area contributed by atoms with Crippen LogP contribution in [0.1, 0.15) is 34.8 Å². The molecule has 0 aliphatic carbocycles. The maximum Gasteiger partial charge on any atom is 0.261 e. The second-order valence-corrected chi connectivity index (χ2v) is 8.90. The van der Waals surface area contributed by atoms with E-state index >= 15 is 0 Å². The number of hydrogen-bond acceptors (Lipinski definition) is 4. The van der Waals surface area contributed by atoms with Crippen LogP contribution >= 0.6 is 22.9 Å². The highest BCUT2D eigenvalue weighted by molar-refractivity contribution is 7.12. The summed E-state index contributed by atoms with van der Waals surface area (Å²) in [5, 5.41) is 5.61. The summed E-state index contributed by atoms with van der Waals surface area (Å²) in [7, 11) is 0. The van der Waals surface area contributed by atoms with E-state index in [-0.39, 0.29) is 5.91 Å². The molecule has 0 unspecified atom stereocenters. The Morgan fingerprint density at radius 1 is 1.03 bits per heavy atom. The number of aromatic nitrogens is 2. The van der Waals surface area contributed by atoms with Crippen LogP contribution in [0.15, 0.2) is 66.0 Å². The van der Waals surface area contributed by atoms with E-state index in [1.807, 2.05) is 53.9 Å². The zero-order chi connectivity index (χ0) is 22.2. The molecule has 0 aliphatic heterocycles. The minimum Gasteiger partial charge on any atom is -0.492 e. The molecule has 0 radical (unpaired) electrons. The van der Waals surface area contributed by atoms with Gasteiger partial charge in [-0.15, -0.1) is 11.3 Å². The van der Waals surface area contributed by atoms with Gasteiger partial charge in [-0.05, 0) is 60.7 Å². The molecule has 4 rings (SSSR count). The van der Waals surface area contributed by atoms with Gasteiger partial charge in [-0.2, -0.15) is 0 Å². The first kappa shape index (κ1) is 22.4. The molecule has 0 bridgehead atoms. The summed E-state index contributed by atoms with van der Waals surface area (Å²) in [4.78, 5) is 17.6. The van der Waals surface area contributed by atoms with E-state index < -0.39 is 0 Å². The molecule has 2 heterocycles. The summed E-state index contributed by atoms with van der Waals surface area (Å²) < 4.78 is 8.16. The van der Waals surface area contributed by atoms with Crippen LogP contribution in [0.4, 0.5) is 0 Å². The quantitative estimate of drug-likeness (QED) is 0.276. The van der Waals surface area contributed by atoms with Gasteiger partial charge < -0.3 is 14.6 Å². The van der Waals surface area contributed by atoms with Crippen molar-refractivity contribution in [3.8, 4) is 5.75 Å². The third-order valence-corrected chi connectivity index (χ3v) is 6.36. The van der Waals surface area contributed by atoms with Crippen molar-refractivity contribution in [1.82, 2.24) is 14.9 Å². The summed E-state index contributed by atoms with van der Waals surface area (Å²) in [6, 6.07) is 19.4. The Balaban J connectivity index is 1.28. The average molecular weight is 468 g/mol. The average Bonchev–Trinajstić information content (AvgIpc) is 3.46. The Labute approximate surface area is 197 Å². The molecule has 0 fully saturated rings. The first-order valence-corrected chi connectivity index (χ1v) is 12.1. The second-order valence-electron chi connectivity index (χ2n) is 7.51. The lowest BCUT2D eigenvalue weighted by Crippen LogP contribution is -2.23. The van der Waals surface area contributed by atoms with Crippen molar-refractivity contribution in [2.75, 3.05) is 13.2 Å². The molecule has 2 aromatic carbocycles. The maximum atomic E-state index is 12.0. The number of imidazole rings is 1. The number of amides is 1. The number of unbranched alkanes of at least 4 members (excludes halogenated alkanes) is 2. The molecule has 4 aromatic rings. The molecule has 1 amide bonds. The van der Waals surface area contributed by atoms with Gasteiger partial charge in [0.15, 0.2) is 0 Å². The molecule has 0 atom stereocenters. The summed E-state index contributed by atoms with van der Waals surface area (Å²) in [6.45, 7) is 1.99. The normalized spacial score (nSPS) is 11.0. The Hall–Kier alpha value is -2.83. The predicted octanol–water partition coefficient (Wildman–Crippen LogP) is 5.97. The van der Waals surface area contributed by atoms with Gasteiger partial charge >= 0.3 is 0 Å². The number of carbonyl (C=O) groups is 1. The zero-order valence-electron chi connectivity index (χ0n) is 17.8. The number of carbonyl (C=O) groups excluding carboxylic acids is 1. The van der Waals surface area contributed by atoms with Gasteiger partial charge in [0, 0.05) is 18.0 Å². The Morgan fingerprint density at radius 3 is 2.69 bits per heavy atom. The topological polar surface area (TPSA) is 56.2 Å². The number of nitrogens with zero attached hydrogens (tertiary/aromatic N) is 2. The number of nitrogens with one attached hydrogen (secondary N) is 1. The number of rotatable bonds is 11. The second kappa shape index (κ2) is 11.2. The van der Waals surface area contributed by atoms with Crippen LogP contribution in [0, 0.1) is 0 Å². The standard InChI is InChI=1S/C25H26ClN3O2S/c26-19-11-13-20(14-12-19)31-17-16-29-22-8-4-3-7-21(22)28-24(29)10-2-1-5-15-27-25(30)23-9-6-18-32-23/h3-4,6-9,11-14,18H,1-2,5,10,15-17H2,(H,27,30). The lowest BCUT2D eigenvalue weighted by atomic mass is 10.2. The Morgan fingerprint density at radius 2 is 1.88 bits per heavy atom. The fraction of sp³-hybridized carbons (Fsp3) is 0.280. The van der Waals surface area contributed by atoms with E-state index in [1.54, 1.807) is 0 Å². The van der Waals surface area contributed by atoms with E-state index in [2.05, 4.69) is 22.0 Å². The Kier molecular flexibility index (Phi) is 7.80. The molecule has 0 aliphatic rings. The SMILES string of the molecule is O=C(NCCCCCc1nc2ccccc2n1CCOc1ccc(Cl)cc1)c1cccs1. The van der Waals surface area contributed by atoms with Gasteiger partial charge in [-0.1, -0.05) is 36.2 Å². The van der Waals surface area contributed by atoms with E-state index in [4.69, 9.17) is 21.3 Å². The number of halogens is 1. The van der Waals surface area contributed by atoms with Crippen LogP contribution in [0.25, 0.3) is 11.0 Å². The summed E-state index contributed by atoms with van der Waals surface area (Å²) in [6.07, 6.45) is 3.91. The largest absolute Gasteiger partial charge is 0.492 e. The molecule has 7 heteroatoms. The van der Waals surface area contributed by atoms with Crippen molar-refractivity contribution in [3.63, 3.8) is 0 Å². The van der Waals surface area contributed by atoms with Crippen LogP contribution in [-0.4, -0.2) is 28.6 Å². The lowest BCUT2D eigenvalue weighted by molar-refractivity contribution is 0.0957. The summed E-state index contributed by atoms with van der Waals surface area (Å²) >= 11 is 7.41. The lowest BCUT2D eigenvalue weighted by Gasteiger charge is -2.11. The van der Waals surface area contributed by atoms with Gasteiger partial charge in [0.2, 0.25) is 0 Å². The first-order chi connectivity index (χ1) is 15.7. The first-order valence-electron chi connectivity index (χ1n) is 10.8. The monoisotopic (exact) mass is 467 g/mol. The van der Waals surface area contributed by atoms with Gasteiger partial charge in [0.05, 0.1) is 22.5 Å². The van der Waals surface area contributed by atoms with Crippen molar-refractivity contribution in [2.45, 2.75) is 32.2 Å². The summed E-state index contributed by atoms with van der Waals surface area (Å²) in [5.74, 6) is 1.90. The van der Waals surface area contributed by atoms with Crippen LogP contribution in [0.5, 0.6) is 5.75 Å². The Bertz CT molecular complexity index is 1140. The van der Waals surface area contributed by atoms with Crippen molar-refractivity contribution in [2.24, 2.45) is 0 Å². The fourth-order valence-corrected chi connectivity index (χ4v) is 4.40. The van der Waals surface area contributed by atoms with Crippen LogP contribution in [0.3, 0.4) is 0 Å². The third-order valence-electron chi connectivity index (χ3n) is 5.24. The molecule has 5 nitrogen and oxygen atoms in total. The van der Waals surface area contributed by atoms with Crippen LogP contribution < -0.4 is 10.1 Å². The number of thiophene rings is 1. The molecule has 0 saturated heterocycles.